The van der Waals surface area contributed by atoms with Gasteiger partial charge in [0.25, 0.3) is 5.69 Å². The van der Waals surface area contributed by atoms with Crippen molar-refractivity contribution in [1.29, 1.82) is 0 Å². The zero-order chi connectivity index (χ0) is 16.5. The molecule has 0 aromatic heterocycles. The molecule has 1 rings (SSSR count). The smallest absolute Gasteiger partial charge is 0.269 e. The lowest BCUT2D eigenvalue weighted by Crippen LogP contribution is -2.37. The number of amides is 1. The number of rotatable bonds is 8. The summed E-state index contributed by atoms with van der Waals surface area (Å²) in [6.07, 6.45) is 6.20. The van der Waals surface area contributed by atoms with Crippen molar-refractivity contribution in [3.05, 3.63) is 46.0 Å². The lowest BCUT2D eigenvalue weighted by molar-refractivity contribution is -0.384. The van der Waals surface area contributed by atoms with E-state index in [9.17, 15) is 14.9 Å². The molecule has 5 heteroatoms. The predicted molar refractivity (Wildman–Crippen MR) is 88.5 cm³/mol. The molecule has 1 aromatic carbocycles. The summed E-state index contributed by atoms with van der Waals surface area (Å²) in [7, 11) is 0. The van der Waals surface area contributed by atoms with Crippen molar-refractivity contribution >= 4 is 17.7 Å². The number of benzene rings is 1. The van der Waals surface area contributed by atoms with Gasteiger partial charge in [0, 0.05) is 30.8 Å². The van der Waals surface area contributed by atoms with Gasteiger partial charge in [0.2, 0.25) is 5.91 Å². The van der Waals surface area contributed by atoms with Crippen LogP contribution in [0.4, 0.5) is 5.69 Å². The van der Waals surface area contributed by atoms with Gasteiger partial charge < -0.3 is 4.90 Å². The van der Waals surface area contributed by atoms with Crippen molar-refractivity contribution in [3.8, 4) is 0 Å². The normalized spacial score (nSPS) is 12.3. The highest BCUT2D eigenvalue weighted by Gasteiger charge is 2.15. The molecule has 0 saturated heterocycles. The van der Waals surface area contributed by atoms with Gasteiger partial charge in [0.15, 0.2) is 0 Å². The molecule has 0 aliphatic rings. The summed E-state index contributed by atoms with van der Waals surface area (Å²) in [5.74, 6) is -0.0128. The number of nitrogens with zero attached hydrogens (tertiary/aromatic N) is 2. The summed E-state index contributed by atoms with van der Waals surface area (Å²) in [5.41, 5.74) is 0.825. The second kappa shape index (κ2) is 8.97. The Morgan fingerprint density at radius 1 is 1.32 bits per heavy atom. The van der Waals surface area contributed by atoms with Gasteiger partial charge in [0.1, 0.15) is 0 Å². The molecule has 0 saturated carbocycles. The third-order valence-corrected chi connectivity index (χ3v) is 3.68. The van der Waals surface area contributed by atoms with E-state index in [4.69, 9.17) is 0 Å². The molecular weight excluding hydrogens is 280 g/mol. The molecule has 0 fully saturated rings. The summed E-state index contributed by atoms with van der Waals surface area (Å²) in [6, 6.07) is 6.37. The van der Waals surface area contributed by atoms with E-state index in [-0.39, 0.29) is 17.6 Å². The van der Waals surface area contributed by atoms with E-state index in [1.54, 1.807) is 24.3 Å². The molecule has 0 bridgehead atoms. The van der Waals surface area contributed by atoms with E-state index in [2.05, 4.69) is 13.8 Å². The van der Waals surface area contributed by atoms with Gasteiger partial charge in [-0.05, 0) is 43.5 Å². The third-order valence-electron chi connectivity index (χ3n) is 3.68. The lowest BCUT2D eigenvalue weighted by atomic mass is 10.1. The first-order chi connectivity index (χ1) is 10.5. The zero-order valence-corrected chi connectivity index (χ0v) is 13.5. The van der Waals surface area contributed by atoms with Gasteiger partial charge >= 0.3 is 0 Å². The molecule has 0 N–H and O–H groups in total. The van der Waals surface area contributed by atoms with E-state index in [1.807, 2.05) is 11.8 Å². The van der Waals surface area contributed by atoms with Crippen LogP contribution in [-0.2, 0) is 4.79 Å². The fourth-order valence-electron chi connectivity index (χ4n) is 2.07. The van der Waals surface area contributed by atoms with Crippen LogP contribution in [0.15, 0.2) is 30.3 Å². The Balaban J connectivity index is 2.76. The fraction of sp³-hybridized carbons (Fsp3) is 0.471. The maximum Gasteiger partial charge on any atom is 0.269 e. The molecule has 5 nitrogen and oxygen atoms in total. The zero-order valence-electron chi connectivity index (χ0n) is 13.5. The summed E-state index contributed by atoms with van der Waals surface area (Å²) in [6.45, 7) is 6.98. The number of nitro groups is 1. The van der Waals surface area contributed by atoms with Gasteiger partial charge in [-0.25, -0.2) is 0 Å². The second-order valence-electron chi connectivity index (χ2n) is 5.32. The van der Waals surface area contributed by atoms with Crippen LogP contribution < -0.4 is 0 Å². The molecule has 22 heavy (non-hydrogen) atoms. The third kappa shape index (κ3) is 5.31. The maximum atomic E-state index is 12.3. The lowest BCUT2D eigenvalue weighted by Gasteiger charge is -2.27. The van der Waals surface area contributed by atoms with Crippen molar-refractivity contribution in [2.45, 2.75) is 46.1 Å². The highest BCUT2D eigenvalue weighted by atomic mass is 16.6. The van der Waals surface area contributed by atoms with Crippen molar-refractivity contribution in [2.24, 2.45) is 0 Å². The minimum absolute atomic E-state index is 0.0128. The number of unbranched alkanes of at least 4 members (excludes halogenated alkanes) is 1. The average Bonchev–Trinajstić information content (AvgIpc) is 2.53. The molecule has 0 spiro atoms. The van der Waals surface area contributed by atoms with E-state index in [1.165, 1.54) is 12.1 Å². The molecule has 1 aromatic rings. The highest BCUT2D eigenvalue weighted by Crippen LogP contribution is 2.13. The van der Waals surface area contributed by atoms with Crippen LogP contribution in [0.3, 0.4) is 0 Å². The Kier molecular flexibility index (Phi) is 7.29. The first-order valence-electron chi connectivity index (χ1n) is 7.72. The van der Waals surface area contributed by atoms with Crippen molar-refractivity contribution in [3.63, 3.8) is 0 Å². The Morgan fingerprint density at radius 2 is 1.95 bits per heavy atom. The van der Waals surface area contributed by atoms with Crippen LogP contribution in [0, 0.1) is 10.1 Å². The molecule has 0 heterocycles. The Hall–Kier alpha value is -2.17. The molecule has 1 atom stereocenters. The number of carbonyl (C=O) groups is 1. The van der Waals surface area contributed by atoms with Crippen molar-refractivity contribution in [1.82, 2.24) is 4.90 Å². The van der Waals surface area contributed by atoms with Crippen LogP contribution >= 0.6 is 0 Å². The van der Waals surface area contributed by atoms with E-state index in [0.29, 0.717) is 0 Å². The van der Waals surface area contributed by atoms with Crippen molar-refractivity contribution < 1.29 is 9.72 Å². The molecule has 1 unspecified atom stereocenters. The number of hydrogen-bond acceptors (Lipinski definition) is 3. The van der Waals surface area contributed by atoms with Gasteiger partial charge in [-0.2, -0.15) is 0 Å². The van der Waals surface area contributed by atoms with E-state index < -0.39 is 4.92 Å². The Bertz CT molecular complexity index is 523. The SMILES string of the molecule is CCCCN(C(=O)/C=C/c1ccc([N+](=O)[O-])cc1)C(C)CC. The average molecular weight is 304 g/mol. The molecule has 0 aliphatic carbocycles. The van der Waals surface area contributed by atoms with Gasteiger partial charge in [-0.15, -0.1) is 0 Å². The Morgan fingerprint density at radius 3 is 2.45 bits per heavy atom. The number of carbonyl (C=O) groups excluding carboxylic acids is 1. The summed E-state index contributed by atoms with van der Waals surface area (Å²) in [5, 5.41) is 10.6. The van der Waals surface area contributed by atoms with Crippen molar-refractivity contribution in [2.75, 3.05) is 6.54 Å². The molecule has 0 radical (unpaired) electrons. The highest BCUT2D eigenvalue weighted by molar-refractivity contribution is 5.92. The van der Waals surface area contributed by atoms with E-state index in [0.717, 1.165) is 31.4 Å². The minimum atomic E-state index is -0.436. The summed E-state index contributed by atoms with van der Waals surface area (Å²) >= 11 is 0. The standard InChI is InChI=1S/C17H24N2O3/c1-4-6-13-18(14(3)5-2)17(20)12-9-15-7-10-16(11-8-15)19(21)22/h7-12,14H,4-6,13H2,1-3H3/b12-9+. The Labute approximate surface area is 131 Å². The van der Waals surface area contributed by atoms with Gasteiger partial charge in [-0.1, -0.05) is 20.3 Å². The summed E-state index contributed by atoms with van der Waals surface area (Å²) in [4.78, 5) is 24.4. The molecule has 120 valence electrons. The minimum Gasteiger partial charge on any atom is -0.336 e. The molecule has 1 amide bonds. The van der Waals surface area contributed by atoms with Gasteiger partial charge in [-0.3, -0.25) is 14.9 Å². The second-order valence-corrected chi connectivity index (χ2v) is 5.32. The number of non-ortho nitro benzene ring substituents is 1. The first-order valence-corrected chi connectivity index (χ1v) is 7.72. The number of nitro benzene ring substituents is 1. The first kappa shape index (κ1) is 17.9. The van der Waals surface area contributed by atoms with Gasteiger partial charge in [0.05, 0.1) is 4.92 Å². The fourth-order valence-corrected chi connectivity index (χ4v) is 2.07. The monoisotopic (exact) mass is 304 g/mol. The van der Waals surface area contributed by atoms with E-state index >= 15 is 0 Å². The van der Waals surface area contributed by atoms with Crippen LogP contribution in [0.1, 0.15) is 45.6 Å². The van der Waals surface area contributed by atoms with Crippen LogP contribution in [0.5, 0.6) is 0 Å². The van der Waals surface area contributed by atoms with Crippen LogP contribution in [0.25, 0.3) is 6.08 Å². The van der Waals surface area contributed by atoms with Crippen LogP contribution in [0.2, 0.25) is 0 Å². The molecule has 0 aliphatic heterocycles. The topological polar surface area (TPSA) is 63.5 Å². The largest absolute Gasteiger partial charge is 0.336 e. The van der Waals surface area contributed by atoms with Crippen LogP contribution in [-0.4, -0.2) is 28.3 Å². The molecular formula is C17H24N2O3. The maximum absolute atomic E-state index is 12.3. The number of hydrogen-bond donors (Lipinski definition) is 0. The predicted octanol–water partition coefficient (Wildman–Crippen LogP) is 4.04. The quantitative estimate of drug-likeness (QED) is 0.414. The summed E-state index contributed by atoms with van der Waals surface area (Å²) < 4.78 is 0.